The molecule has 2 aliphatic rings. The van der Waals surface area contributed by atoms with E-state index in [0.717, 1.165) is 18.4 Å². The number of amides is 2. The van der Waals surface area contributed by atoms with Crippen LogP contribution in [0.15, 0.2) is 53.6 Å². The van der Waals surface area contributed by atoms with Crippen molar-refractivity contribution in [3.05, 3.63) is 75.4 Å². The highest BCUT2D eigenvalue weighted by Gasteiger charge is 2.34. The average molecular weight is 437 g/mol. The molecule has 2 amide bonds. The van der Waals surface area contributed by atoms with Crippen molar-refractivity contribution in [3.8, 4) is 0 Å². The van der Waals surface area contributed by atoms with Crippen molar-refractivity contribution in [2.75, 3.05) is 10.6 Å². The molecule has 1 fully saturated rings. The van der Waals surface area contributed by atoms with Gasteiger partial charge in [0, 0.05) is 12.0 Å². The molecule has 156 valence electrons. The minimum atomic E-state index is -0.672. The fourth-order valence-electron chi connectivity index (χ4n) is 3.49. The zero-order valence-electron chi connectivity index (χ0n) is 16.1. The second kappa shape index (κ2) is 7.51. The Morgan fingerprint density at radius 3 is 2.58 bits per heavy atom. The second-order valence-corrected chi connectivity index (χ2v) is 7.80. The maximum Gasteiger partial charge on any atom is 0.276 e. The lowest BCUT2D eigenvalue weighted by molar-refractivity contribution is -0.117. The number of halogens is 1. The molecule has 1 aromatic carbocycles. The summed E-state index contributed by atoms with van der Waals surface area (Å²) in [6, 6.07) is 12.1. The van der Waals surface area contributed by atoms with Gasteiger partial charge in [-0.1, -0.05) is 41.9 Å². The third-order valence-corrected chi connectivity index (χ3v) is 5.46. The Balaban J connectivity index is 1.49. The molecule has 1 unspecified atom stereocenters. The molecule has 0 saturated heterocycles. The first-order valence-corrected chi connectivity index (χ1v) is 10.1. The largest absolute Gasteiger partial charge is 0.336 e. The molecule has 3 N–H and O–H groups in total. The van der Waals surface area contributed by atoms with Gasteiger partial charge in [0.1, 0.15) is 35.5 Å². The van der Waals surface area contributed by atoms with Gasteiger partial charge in [-0.05, 0) is 24.5 Å². The van der Waals surface area contributed by atoms with E-state index in [1.807, 2.05) is 30.3 Å². The summed E-state index contributed by atoms with van der Waals surface area (Å²) >= 11 is 6.35. The van der Waals surface area contributed by atoms with E-state index >= 15 is 0 Å². The number of rotatable bonds is 5. The molecule has 0 radical (unpaired) electrons. The van der Waals surface area contributed by atoms with E-state index in [-0.39, 0.29) is 28.2 Å². The van der Waals surface area contributed by atoms with Gasteiger partial charge in [0.25, 0.3) is 11.5 Å². The van der Waals surface area contributed by atoms with E-state index in [1.165, 1.54) is 23.0 Å². The van der Waals surface area contributed by atoms with Crippen LogP contribution in [-0.2, 0) is 4.79 Å². The number of fused-ring (bicyclic) bond motifs is 1. The molecular formula is C21H17ClN6O3. The van der Waals surface area contributed by atoms with Gasteiger partial charge in [-0.3, -0.25) is 19.0 Å². The van der Waals surface area contributed by atoms with Crippen molar-refractivity contribution >= 4 is 40.7 Å². The normalized spacial score (nSPS) is 17.1. The highest BCUT2D eigenvalue weighted by molar-refractivity contribution is 6.34. The molecule has 31 heavy (non-hydrogen) atoms. The van der Waals surface area contributed by atoms with Crippen LogP contribution in [0, 0.1) is 5.92 Å². The molecule has 0 bridgehead atoms. The third kappa shape index (κ3) is 3.64. The van der Waals surface area contributed by atoms with Crippen LogP contribution in [0.1, 0.15) is 35.1 Å². The van der Waals surface area contributed by atoms with Crippen LogP contribution in [-0.4, -0.2) is 26.3 Å². The fraction of sp³-hybridized carbons (Fsp3) is 0.190. The summed E-state index contributed by atoms with van der Waals surface area (Å²) in [5.41, 5.74) is 0.557. The highest BCUT2D eigenvalue weighted by atomic mass is 35.5. The fourth-order valence-corrected chi connectivity index (χ4v) is 3.77. The summed E-state index contributed by atoms with van der Waals surface area (Å²) in [7, 11) is 0. The number of hydrogen-bond acceptors (Lipinski definition) is 6. The Morgan fingerprint density at radius 1 is 1.10 bits per heavy atom. The average Bonchev–Trinajstić information content (AvgIpc) is 3.55. The van der Waals surface area contributed by atoms with Gasteiger partial charge in [0.2, 0.25) is 5.91 Å². The van der Waals surface area contributed by atoms with Crippen molar-refractivity contribution in [2.24, 2.45) is 5.92 Å². The molecular weight excluding hydrogens is 420 g/mol. The number of nitrogens with one attached hydrogen (secondary N) is 3. The Kier molecular flexibility index (Phi) is 4.67. The van der Waals surface area contributed by atoms with Crippen LogP contribution < -0.4 is 21.5 Å². The lowest BCUT2D eigenvalue weighted by Gasteiger charge is -2.16. The van der Waals surface area contributed by atoms with Gasteiger partial charge in [-0.15, -0.1) is 0 Å². The van der Waals surface area contributed by atoms with Crippen LogP contribution in [0.4, 0.5) is 17.3 Å². The van der Waals surface area contributed by atoms with Crippen LogP contribution >= 0.6 is 11.6 Å². The molecule has 1 saturated carbocycles. The van der Waals surface area contributed by atoms with E-state index < -0.39 is 17.6 Å². The van der Waals surface area contributed by atoms with Crippen molar-refractivity contribution in [2.45, 2.75) is 19.0 Å². The number of aromatic nitrogens is 3. The SMILES string of the molecule is O=C1NC(c2ccccc2)n2c1c(Cl)cc(Nc1cc(NC(=O)C3CC3)ncn1)c2=O. The number of hydrogen-bond donors (Lipinski definition) is 3. The van der Waals surface area contributed by atoms with Gasteiger partial charge >= 0.3 is 0 Å². The first kappa shape index (κ1) is 19.3. The molecule has 1 atom stereocenters. The molecule has 9 nitrogen and oxygen atoms in total. The van der Waals surface area contributed by atoms with Gasteiger partial charge in [0.05, 0.1) is 5.02 Å². The molecule has 1 aliphatic heterocycles. The van der Waals surface area contributed by atoms with Crippen LogP contribution in [0.25, 0.3) is 0 Å². The topological polar surface area (TPSA) is 118 Å². The standard InChI is InChI=1S/C21H17ClN6O3/c22-13-8-14(25-15-9-16(24-10-23-15)26-19(29)12-6-7-12)21(31)28-17(13)20(30)27-18(28)11-4-2-1-3-5-11/h1-5,8-10,12,18H,6-7H2,(H,27,30)(H2,23,24,25,26,29). The predicted octanol–water partition coefficient (Wildman–Crippen LogP) is 2.67. The summed E-state index contributed by atoms with van der Waals surface area (Å²) in [4.78, 5) is 45.8. The first-order chi connectivity index (χ1) is 15.0. The summed E-state index contributed by atoms with van der Waals surface area (Å²) in [5, 5.41) is 8.59. The van der Waals surface area contributed by atoms with E-state index in [9.17, 15) is 14.4 Å². The Labute approximate surface area is 181 Å². The van der Waals surface area contributed by atoms with Crippen LogP contribution in [0.5, 0.6) is 0 Å². The van der Waals surface area contributed by atoms with E-state index in [1.54, 1.807) is 0 Å². The number of carbonyl (C=O) groups is 2. The lowest BCUT2D eigenvalue weighted by atomic mass is 10.2. The summed E-state index contributed by atoms with van der Waals surface area (Å²) in [6.07, 6.45) is 2.37. The van der Waals surface area contributed by atoms with Gasteiger partial charge in [-0.25, -0.2) is 9.97 Å². The second-order valence-electron chi connectivity index (χ2n) is 7.39. The molecule has 2 aromatic heterocycles. The Hall–Kier alpha value is -3.72. The monoisotopic (exact) mass is 436 g/mol. The quantitative estimate of drug-likeness (QED) is 0.566. The Bertz CT molecular complexity index is 1260. The number of benzene rings is 1. The summed E-state index contributed by atoms with van der Waals surface area (Å²) < 4.78 is 1.33. The highest BCUT2D eigenvalue weighted by Crippen LogP contribution is 2.31. The van der Waals surface area contributed by atoms with Crippen molar-refractivity contribution < 1.29 is 9.59 Å². The smallest absolute Gasteiger partial charge is 0.276 e. The molecule has 1 aliphatic carbocycles. The third-order valence-electron chi connectivity index (χ3n) is 5.17. The summed E-state index contributed by atoms with van der Waals surface area (Å²) in [5.74, 6) is 0.172. The van der Waals surface area contributed by atoms with Crippen LogP contribution in [0.3, 0.4) is 0 Å². The van der Waals surface area contributed by atoms with E-state index in [0.29, 0.717) is 11.6 Å². The first-order valence-electron chi connectivity index (χ1n) is 9.72. The number of nitrogens with zero attached hydrogens (tertiary/aromatic N) is 3. The molecule has 3 aromatic rings. The van der Waals surface area contributed by atoms with Gasteiger partial charge < -0.3 is 16.0 Å². The van der Waals surface area contributed by atoms with E-state index in [4.69, 9.17) is 11.6 Å². The maximum absolute atomic E-state index is 13.2. The molecule has 5 rings (SSSR count). The molecule has 10 heteroatoms. The zero-order valence-corrected chi connectivity index (χ0v) is 16.9. The minimum absolute atomic E-state index is 0.0338. The van der Waals surface area contributed by atoms with Gasteiger partial charge in [0.15, 0.2) is 0 Å². The number of pyridine rings is 1. The lowest BCUT2D eigenvalue weighted by Crippen LogP contribution is -2.29. The number of anilines is 3. The summed E-state index contributed by atoms with van der Waals surface area (Å²) in [6.45, 7) is 0. The maximum atomic E-state index is 13.2. The molecule has 3 heterocycles. The van der Waals surface area contributed by atoms with Crippen LogP contribution in [0.2, 0.25) is 5.02 Å². The van der Waals surface area contributed by atoms with Crippen molar-refractivity contribution in [1.82, 2.24) is 19.9 Å². The van der Waals surface area contributed by atoms with Gasteiger partial charge in [-0.2, -0.15) is 0 Å². The predicted molar refractivity (Wildman–Crippen MR) is 114 cm³/mol. The zero-order chi connectivity index (χ0) is 21.5. The van der Waals surface area contributed by atoms with E-state index in [2.05, 4.69) is 25.9 Å². The number of carbonyl (C=O) groups excluding carboxylic acids is 2. The Morgan fingerprint density at radius 2 is 1.84 bits per heavy atom. The van der Waals surface area contributed by atoms with Crippen molar-refractivity contribution in [1.29, 1.82) is 0 Å². The van der Waals surface area contributed by atoms with Crippen molar-refractivity contribution in [3.63, 3.8) is 0 Å². The minimum Gasteiger partial charge on any atom is -0.336 e. The molecule has 0 spiro atoms.